The Bertz CT molecular complexity index is 1100. The molecule has 1 saturated heterocycles. The molecule has 1 amide bonds. The number of piperidine rings is 1. The summed E-state index contributed by atoms with van der Waals surface area (Å²) in [6.45, 7) is 5.63. The molecule has 4 N–H and O–H groups in total. The minimum atomic E-state index is -0.241. The number of hydrogen-bond donors (Lipinski definition) is 3. The lowest BCUT2D eigenvalue weighted by molar-refractivity contribution is -0.546. The number of hydrazone groups is 1. The fourth-order valence-corrected chi connectivity index (χ4v) is 3.83. The van der Waals surface area contributed by atoms with Crippen LogP contribution in [0.3, 0.4) is 0 Å². The highest BCUT2D eigenvalue weighted by molar-refractivity contribution is 6.62. The van der Waals surface area contributed by atoms with Crippen LogP contribution in [-0.2, 0) is 11.3 Å². The van der Waals surface area contributed by atoms with Gasteiger partial charge in [0.15, 0.2) is 5.71 Å². The minimum absolute atomic E-state index is 0.171. The Balaban J connectivity index is 1.59. The van der Waals surface area contributed by atoms with E-state index in [4.69, 9.17) is 5.73 Å². The number of hydrogen-bond acceptors (Lipinski definition) is 6. The lowest BCUT2D eigenvalue weighted by atomic mass is 10.1. The van der Waals surface area contributed by atoms with Gasteiger partial charge in [0.25, 0.3) is 0 Å². The maximum absolute atomic E-state index is 11.8. The topological polar surface area (TPSA) is 106 Å². The van der Waals surface area contributed by atoms with Gasteiger partial charge in [0.2, 0.25) is 5.91 Å². The Morgan fingerprint density at radius 1 is 1.25 bits per heavy atom. The molecular weight excluding hydrogens is 404 g/mol. The van der Waals surface area contributed by atoms with Gasteiger partial charge >= 0.3 is 5.84 Å². The number of anilines is 2. The highest BCUT2D eigenvalue weighted by atomic mass is 16.3. The molecule has 0 spiro atoms. The fraction of sp³-hybridized carbons (Fsp3) is 0.333. The van der Waals surface area contributed by atoms with Crippen molar-refractivity contribution in [1.82, 2.24) is 0 Å². The number of rotatable bonds is 5. The smallest absolute Gasteiger partial charge is 0.321 e. The molecule has 0 saturated carbocycles. The number of amidine groups is 1. The summed E-state index contributed by atoms with van der Waals surface area (Å²) in [5.74, 6) is 0.296. The second kappa shape index (κ2) is 9.32. The predicted octanol–water partition coefficient (Wildman–Crippen LogP) is 2.56. The molecule has 1 fully saturated rings. The molecule has 2 heterocycles. The molecule has 2 aromatic rings. The zero-order valence-electron chi connectivity index (χ0n) is 18.5. The first-order valence-electron chi connectivity index (χ1n) is 10.8. The molecule has 8 heteroatoms. The first-order chi connectivity index (χ1) is 15.4. The zero-order valence-corrected chi connectivity index (χ0v) is 18.5. The summed E-state index contributed by atoms with van der Waals surface area (Å²) in [5, 5.41) is 17.0. The van der Waals surface area contributed by atoms with E-state index in [9.17, 15) is 9.90 Å². The number of benzene rings is 2. The number of aliphatic hydroxyl groups excluding tert-OH is 1. The van der Waals surface area contributed by atoms with Crippen molar-refractivity contribution in [1.29, 1.82) is 0 Å². The second-order valence-electron chi connectivity index (χ2n) is 8.27. The van der Waals surface area contributed by atoms with Crippen molar-refractivity contribution in [3.63, 3.8) is 0 Å². The molecule has 2 aromatic carbocycles. The number of amides is 1. The van der Waals surface area contributed by atoms with Crippen LogP contribution in [0.2, 0.25) is 0 Å². The minimum Gasteiger partial charge on any atom is -0.393 e. The van der Waals surface area contributed by atoms with Crippen LogP contribution in [0.4, 0.5) is 17.1 Å². The molecule has 0 aromatic heterocycles. The lowest BCUT2D eigenvalue weighted by Crippen LogP contribution is -2.35. The lowest BCUT2D eigenvalue weighted by Gasteiger charge is -2.31. The third-order valence-corrected chi connectivity index (χ3v) is 5.67. The SMILES string of the molecule is CC(=O)Nc1cc(N2CCC(O)CC2)ccc1N=C1C=N[N+](Cc2ccc(C)cc2)=C1N. The van der Waals surface area contributed by atoms with E-state index in [1.54, 1.807) is 10.9 Å². The zero-order chi connectivity index (χ0) is 22.7. The van der Waals surface area contributed by atoms with Gasteiger partial charge in [-0.25, -0.2) is 4.99 Å². The van der Waals surface area contributed by atoms with E-state index in [1.807, 2.05) is 18.2 Å². The van der Waals surface area contributed by atoms with E-state index in [-0.39, 0.29) is 12.0 Å². The van der Waals surface area contributed by atoms with Crippen LogP contribution in [0, 0.1) is 6.92 Å². The maximum atomic E-state index is 11.8. The monoisotopic (exact) mass is 433 g/mol. The van der Waals surface area contributed by atoms with E-state index in [0.717, 1.165) is 37.2 Å². The van der Waals surface area contributed by atoms with Crippen LogP contribution >= 0.6 is 0 Å². The molecule has 8 nitrogen and oxygen atoms in total. The Morgan fingerprint density at radius 3 is 2.66 bits per heavy atom. The van der Waals surface area contributed by atoms with Gasteiger partial charge in [0, 0.05) is 25.7 Å². The van der Waals surface area contributed by atoms with Gasteiger partial charge in [-0.2, -0.15) is 0 Å². The molecule has 0 radical (unpaired) electrons. The highest BCUT2D eigenvalue weighted by Crippen LogP contribution is 2.32. The van der Waals surface area contributed by atoms with Crippen LogP contribution in [-0.4, -0.2) is 52.7 Å². The van der Waals surface area contributed by atoms with Gasteiger partial charge in [-0.3, -0.25) is 10.5 Å². The van der Waals surface area contributed by atoms with Crippen LogP contribution in [0.1, 0.15) is 30.9 Å². The second-order valence-corrected chi connectivity index (χ2v) is 8.27. The van der Waals surface area contributed by atoms with Gasteiger partial charge in [-0.05, 0) is 43.5 Å². The Morgan fingerprint density at radius 2 is 1.97 bits per heavy atom. The van der Waals surface area contributed by atoms with E-state index in [2.05, 4.69) is 51.5 Å². The van der Waals surface area contributed by atoms with Gasteiger partial charge in [-0.1, -0.05) is 34.9 Å². The molecule has 2 aliphatic rings. The van der Waals surface area contributed by atoms with Crippen LogP contribution in [0.5, 0.6) is 0 Å². The van der Waals surface area contributed by atoms with E-state index in [1.165, 1.54) is 12.5 Å². The standard InChI is InChI=1S/C24H28N6O2/c1-16-3-5-18(6-4-16)15-30-24(25)23(14-26-30)28-21-8-7-19(13-22(21)27-17(2)31)29-11-9-20(32)10-12-29/h3-8,13-14,20,32H,9-12,15H2,1-2H3,(H2,25,26,27,31)/p+1. The summed E-state index contributed by atoms with van der Waals surface area (Å²) < 4.78 is 1.72. The average Bonchev–Trinajstić information content (AvgIpc) is 3.10. The molecule has 32 heavy (non-hydrogen) atoms. The Hall–Kier alpha value is -3.52. The molecular formula is C24H29N6O2+. The van der Waals surface area contributed by atoms with Crippen LogP contribution in [0.25, 0.3) is 0 Å². The summed E-state index contributed by atoms with van der Waals surface area (Å²) in [7, 11) is 0. The Labute approximate surface area is 187 Å². The van der Waals surface area contributed by atoms with Gasteiger partial charge in [0.1, 0.15) is 12.8 Å². The number of aryl methyl sites for hydroxylation is 1. The fourth-order valence-electron chi connectivity index (χ4n) is 3.83. The van der Waals surface area contributed by atoms with E-state index in [0.29, 0.717) is 29.5 Å². The van der Waals surface area contributed by atoms with E-state index >= 15 is 0 Å². The van der Waals surface area contributed by atoms with Crippen molar-refractivity contribution in [2.75, 3.05) is 23.3 Å². The number of nitrogens with one attached hydrogen (secondary N) is 1. The average molecular weight is 434 g/mol. The van der Waals surface area contributed by atoms with Gasteiger partial charge in [0.05, 0.1) is 17.5 Å². The summed E-state index contributed by atoms with van der Waals surface area (Å²) in [6, 6.07) is 14.0. The number of nitrogens with two attached hydrogens (primary N) is 1. The largest absolute Gasteiger partial charge is 0.393 e. The number of nitrogens with zero attached hydrogens (tertiary/aromatic N) is 4. The maximum Gasteiger partial charge on any atom is 0.321 e. The third kappa shape index (κ3) is 5.03. The number of carbonyl (C=O) groups is 1. The number of aliphatic imine (C=N–C) groups is 1. The molecule has 4 rings (SSSR count). The number of aliphatic hydroxyl groups is 1. The molecule has 0 bridgehead atoms. The predicted molar refractivity (Wildman–Crippen MR) is 128 cm³/mol. The van der Waals surface area contributed by atoms with Crippen molar-refractivity contribution in [2.45, 2.75) is 39.3 Å². The normalized spacial score (nSPS) is 18.0. The van der Waals surface area contributed by atoms with Crippen molar-refractivity contribution < 1.29 is 14.6 Å². The number of carbonyl (C=O) groups excluding carboxylic acids is 1. The summed E-state index contributed by atoms with van der Waals surface area (Å²) >= 11 is 0. The van der Waals surface area contributed by atoms with Crippen LogP contribution < -0.4 is 16.0 Å². The van der Waals surface area contributed by atoms with Crippen LogP contribution in [0.15, 0.2) is 52.6 Å². The van der Waals surface area contributed by atoms with Crippen molar-refractivity contribution >= 4 is 40.7 Å². The summed E-state index contributed by atoms with van der Waals surface area (Å²) in [4.78, 5) is 18.7. The van der Waals surface area contributed by atoms with Gasteiger partial charge < -0.3 is 15.3 Å². The van der Waals surface area contributed by atoms with Crippen molar-refractivity contribution in [3.8, 4) is 0 Å². The van der Waals surface area contributed by atoms with Gasteiger partial charge in [-0.15, -0.1) is 4.68 Å². The molecule has 0 unspecified atom stereocenters. The first kappa shape index (κ1) is 21.7. The summed E-state index contributed by atoms with van der Waals surface area (Å²) in [6.07, 6.45) is 2.87. The quantitative estimate of drug-likeness (QED) is 0.630. The third-order valence-electron chi connectivity index (χ3n) is 5.67. The Kier molecular flexibility index (Phi) is 6.32. The van der Waals surface area contributed by atoms with Crippen molar-refractivity contribution in [3.05, 3.63) is 53.6 Å². The first-order valence-corrected chi connectivity index (χ1v) is 10.8. The van der Waals surface area contributed by atoms with Crippen molar-refractivity contribution in [2.24, 2.45) is 15.8 Å². The molecule has 166 valence electrons. The highest BCUT2D eigenvalue weighted by Gasteiger charge is 2.23. The molecule has 0 aliphatic carbocycles. The molecule has 0 atom stereocenters. The molecule has 2 aliphatic heterocycles. The summed E-state index contributed by atoms with van der Waals surface area (Å²) in [5.41, 5.74) is 11.4. The van der Waals surface area contributed by atoms with E-state index < -0.39 is 0 Å².